The summed E-state index contributed by atoms with van der Waals surface area (Å²) in [4.78, 5) is 0.0359. The van der Waals surface area contributed by atoms with Crippen molar-refractivity contribution in [2.75, 3.05) is 6.61 Å². The molecule has 5 atom stereocenters. The highest BCUT2D eigenvalue weighted by Gasteiger charge is 2.52. The fourth-order valence-corrected chi connectivity index (χ4v) is 4.06. The van der Waals surface area contributed by atoms with Gasteiger partial charge in [0.15, 0.2) is 12.4 Å². The van der Waals surface area contributed by atoms with Crippen molar-refractivity contribution in [2.45, 2.75) is 62.4 Å². The highest BCUT2D eigenvalue weighted by Crippen LogP contribution is 2.32. The smallest absolute Gasteiger partial charge is 0.297 e. The normalized spacial score (nSPS) is 33.1. The van der Waals surface area contributed by atoms with Crippen molar-refractivity contribution in [3.8, 4) is 0 Å². The highest BCUT2D eigenvalue weighted by molar-refractivity contribution is 7.86. The standard InChI is InChI=1S/C16H23NO6S/c1-9(2)17-13-12-8-21-16(22-12)15(14(13)18)23-24(19,20)11-6-4-10(3)5-7-11/h4-7,9,12-18H,8H2,1-3H3/t12-,13-,14+,15+,16-/m1/s1. The maximum Gasteiger partial charge on any atom is 0.297 e. The first-order valence-corrected chi connectivity index (χ1v) is 9.40. The zero-order valence-corrected chi connectivity index (χ0v) is 14.7. The number of hydrogen-bond donors (Lipinski definition) is 2. The van der Waals surface area contributed by atoms with Crippen LogP contribution in [0.4, 0.5) is 0 Å². The third-order valence-electron chi connectivity index (χ3n) is 4.18. The predicted molar refractivity (Wildman–Crippen MR) is 85.9 cm³/mol. The van der Waals surface area contributed by atoms with E-state index in [0.717, 1.165) is 5.56 Å². The molecule has 0 radical (unpaired) electrons. The van der Waals surface area contributed by atoms with Gasteiger partial charge in [-0.1, -0.05) is 31.5 Å². The van der Waals surface area contributed by atoms with Gasteiger partial charge in [-0.2, -0.15) is 8.42 Å². The van der Waals surface area contributed by atoms with E-state index in [-0.39, 0.29) is 23.6 Å². The Kier molecular flexibility index (Phi) is 4.96. The highest BCUT2D eigenvalue weighted by atomic mass is 32.2. The molecule has 2 N–H and O–H groups in total. The summed E-state index contributed by atoms with van der Waals surface area (Å²) in [6.07, 6.45) is -3.39. The summed E-state index contributed by atoms with van der Waals surface area (Å²) in [5.41, 5.74) is 0.943. The van der Waals surface area contributed by atoms with Crippen LogP contribution < -0.4 is 5.32 Å². The number of aryl methyl sites for hydroxylation is 1. The number of hydrogen-bond acceptors (Lipinski definition) is 7. The fraction of sp³-hybridized carbons (Fsp3) is 0.625. The summed E-state index contributed by atoms with van der Waals surface area (Å²) >= 11 is 0. The van der Waals surface area contributed by atoms with E-state index in [4.69, 9.17) is 13.7 Å². The molecule has 3 rings (SSSR count). The number of rotatable bonds is 5. The van der Waals surface area contributed by atoms with Crippen LogP contribution >= 0.6 is 0 Å². The number of fused-ring (bicyclic) bond motifs is 2. The summed E-state index contributed by atoms with van der Waals surface area (Å²) in [6.45, 7) is 6.03. The summed E-state index contributed by atoms with van der Waals surface area (Å²) in [6, 6.07) is 5.97. The third-order valence-corrected chi connectivity index (χ3v) is 5.51. The van der Waals surface area contributed by atoms with Gasteiger partial charge < -0.3 is 19.9 Å². The minimum absolute atomic E-state index is 0.0359. The van der Waals surface area contributed by atoms with Gasteiger partial charge in [0.1, 0.15) is 12.2 Å². The van der Waals surface area contributed by atoms with Gasteiger partial charge in [0.25, 0.3) is 10.1 Å². The lowest BCUT2D eigenvalue weighted by molar-refractivity contribution is -0.193. The SMILES string of the molecule is Cc1ccc(S(=O)(=O)O[C@@H]2[C@@H]3OC[C@@H](O3)[C@@H](NC(C)C)[C@@H]2O)cc1. The second-order valence-electron chi connectivity index (χ2n) is 6.54. The zero-order valence-electron chi connectivity index (χ0n) is 13.9. The van der Waals surface area contributed by atoms with Crippen molar-refractivity contribution >= 4 is 10.1 Å². The molecule has 0 amide bonds. The van der Waals surface area contributed by atoms with Gasteiger partial charge in [0.2, 0.25) is 0 Å². The van der Waals surface area contributed by atoms with Crippen LogP contribution in [-0.4, -0.2) is 56.8 Å². The van der Waals surface area contributed by atoms with Crippen LogP contribution in [0.15, 0.2) is 29.2 Å². The second kappa shape index (κ2) is 6.70. The fourth-order valence-electron chi connectivity index (χ4n) is 2.99. The minimum Gasteiger partial charge on any atom is -0.388 e. The average molecular weight is 357 g/mol. The van der Waals surface area contributed by atoms with Crippen LogP contribution in [0.2, 0.25) is 0 Å². The monoisotopic (exact) mass is 357 g/mol. The van der Waals surface area contributed by atoms with Gasteiger partial charge in [0, 0.05) is 6.04 Å². The molecule has 134 valence electrons. The van der Waals surface area contributed by atoms with Crippen molar-refractivity contribution in [3.63, 3.8) is 0 Å². The van der Waals surface area contributed by atoms with Gasteiger partial charge in [-0.3, -0.25) is 4.18 Å². The van der Waals surface area contributed by atoms with Crippen LogP contribution in [0, 0.1) is 6.92 Å². The molecule has 0 saturated carbocycles. The van der Waals surface area contributed by atoms with E-state index in [1.807, 2.05) is 20.8 Å². The molecule has 2 saturated heterocycles. The van der Waals surface area contributed by atoms with Crippen LogP contribution in [-0.2, 0) is 23.8 Å². The Morgan fingerprint density at radius 1 is 1.29 bits per heavy atom. The number of nitrogens with one attached hydrogen (secondary N) is 1. The third kappa shape index (κ3) is 3.49. The Hall–Kier alpha value is -1.03. The lowest BCUT2D eigenvalue weighted by Gasteiger charge is -2.38. The molecular weight excluding hydrogens is 334 g/mol. The van der Waals surface area contributed by atoms with Crippen molar-refractivity contribution in [3.05, 3.63) is 29.8 Å². The molecule has 24 heavy (non-hydrogen) atoms. The molecule has 0 spiro atoms. The number of aliphatic hydroxyl groups is 1. The maximum atomic E-state index is 12.5. The Morgan fingerprint density at radius 3 is 2.58 bits per heavy atom. The molecule has 2 fully saturated rings. The molecule has 8 heteroatoms. The Morgan fingerprint density at radius 2 is 1.96 bits per heavy atom. The number of benzene rings is 1. The van der Waals surface area contributed by atoms with E-state index >= 15 is 0 Å². The summed E-state index contributed by atoms with van der Waals surface area (Å²) in [7, 11) is -4.03. The number of ether oxygens (including phenoxy) is 2. The van der Waals surface area contributed by atoms with Crippen molar-refractivity contribution in [1.29, 1.82) is 0 Å². The largest absolute Gasteiger partial charge is 0.388 e. The van der Waals surface area contributed by atoms with Crippen molar-refractivity contribution < 1.29 is 27.2 Å². The number of aliphatic hydroxyl groups excluding tert-OH is 1. The summed E-state index contributed by atoms with van der Waals surface area (Å²) in [5, 5.41) is 13.8. The molecule has 2 heterocycles. The Bertz CT molecular complexity index is 674. The average Bonchev–Trinajstić information content (AvgIpc) is 2.95. The molecule has 1 aromatic carbocycles. The van der Waals surface area contributed by atoms with Crippen LogP contribution in [0.1, 0.15) is 19.4 Å². The topological polar surface area (TPSA) is 94.1 Å². The first kappa shape index (κ1) is 17.8. The molecule has 2 bridgehead atoms. The molecule has 2 aliphatic rings. The van der Waals surface area contributed by atoms with Crippen LogP contribution in [0.25, 0.3) is 0 Å². The van der Waals surface area contributed by atoms with Gasteiger partial charge >= 0.3 is 0 Å². The predicted octanol–water partition coefficient (Wildman–Crippen LogP) is 0.552. The molecular formula is C16H23NO6S. The zero-order chi connectivity index (χ0) is 17.5. The quantitative estimate of drug-likeness (QED) is 0.743. The lowest BCUT2D eigenvalue weighted by atomic mass is 9.97. The van der Waals surface area contributed by atoms with Crippen molar-refractivity contribution in [2.24, 2.45) is 0 Å². The van der Waals surface area contributed by atoms with E-state index in [2.05, 4.69) is 5.32 Å². The molecule has 0 aliphatic carbocycles. The molecule has 7 nitrogen and oxygen atoms in total. The van der Waals surface area contributed by atoms with E-state index < -0.39 is 34.7 Å². The summed E-state index contributed by atoms with van der Waals surface area (Å²) in [5.74, 6) is 0. The molecule has 2 aliphatic heterocycles. The molecule has 1 aromatic rings. The molecule has 0 unspecified atom stereocenters. The Labute approximate surface area is 142 Å². The van der Waals surface area contributed by atoms with Crippen LogP contribution in [0.3, 0.4) is 0 Å². The lowest BCUT2D eigenvalue weighted by Crippen LogP contribution is -2.61. The van der Waals surface area contributed by atoms with Gasteiger partial charge in [-0.15, -0.1) is 0 Å². The van der Waals surface area contributed by atoms with E-state index in [9.17, 15) is 13.5 Å². The van der Waals surface area contributed by atoms with E-state index in [1.165, 1.54) is 12.1 Å². The van der Waals surface area contributed by atoms with Gasteiger partial charge in [0.05, 0.1) is 17.5 Å². The van der Waals surface area contributed by atoms with E-state index in [1.54, 1.807) is 12.1 Å². The van der Waals surface area contributed by atoms with Crippen LogP contribution in [0.5, 0.6) is 0 Å². The Balaban J connectivity index is 1.81. The second-order valence-corrected chi connectivity index (χ2v) is 8.11. The van der Waals surface area contributed by atoms with E-state index in [0.29, 0.717) is 0 Å². The van der Waals surface area contributed by atoms with Gasteiger partial charge in [-0.25, -0.2) is 0 Å². The molecule has 0 aromatic heterocycles. The van der Waals surface area contributed by atoms with Gasteiger partial charge in [-0.05, 0) is 19.1 Å². The first-order chi connectivity index (χ1) is 11.3. The first-order valence-electron chi connectivity index (χ1n) is 7.99. The van der Waals surface area contributed by atoms with Crippen molar-refractivity contribution in [1.82, 2.24) is 5.32 Å². The summed E-state index contributed by atoms with van der Waals surface area (Å²) < 4.78 is 41.4. The minimum atomic E-state index is -4.03. The maximum absolute atomic E-state index is 12.5.